The zero-order chi connectivity index (χ0) is 15.1. The van der Waals surface area contributed by atoms with Gasteiger partial charge in [-0.1, -0.05) is 32.0 Å². The number of aryl methyl sites for hydroxylation is 1. The molecule has 0 saturated heterocycles. The van der Waals surface area contributed by atoms with Crippen LogP contribution >= 0.6 is 0 Å². The van der Waals surface area contributed by atoms with Crippen LogP contribution in [-0.4, -0.2) is 23.0 Å². The summed E-state index contributed by atoms with van der Waals surface area (Å²) in [6, 6.07) is 6.64. The first-order valence-electron chi connectivity index (χ1n) is 6.76. The molecule has 0 radical (unpaired) electrons. The van der Waals surface area contributed by atoms with E-state index in [0.29, 0.717) is 24.4 Å². The number of aliphatic carboxylic acids is 1. The van der Waals surface area contributed by atoms with E-state index in [1.54, 1.807) is 12.1 Å². The second kappa shape index (κ2) is 7.65. The van der Waals surface area contributed by atoms with E-state index in [1.165, 1.54) is 0 Å². The van der Waals surface area contributed by atoms with E-state index in [2.05, 4.69) is 5.32 Å². The van der Waals surface area contributed by atoms with E-state index >= 15 is 0 Å². The Bertz CT molecular complexity index is 472. The van der Waals surface area contributed by atoms with E-state index in [-0.39, 0.29) is 12.3 Å². The molecule has 20 heavy (non-hydrogen) atoms. The van der Waals surface area contributed by atoms with Crippen LogP contribution in [0.2, 0.25) is 0 Å². The third-order valence-electron chi connectivity index (χ3n) is 2.95. The van der Waals surface area contributed by atoms with Gasteiger partial charge >= 0.3 is 5.97 Å². The molecule has 0 spiro atoms. The number of carboxylic acid groups (broad SMARTS) is 1. The maximum absolute atomic E-state index is 12.0. The molecule has 1 rings (SSSR count). The lowest BCUT2D eigenvalue weighted by molar-refractivity contribution is -0.136. The molecule has 0 unspecified atom stereocenters. The molecule has 0 aliphatic carbocycles. The lowest BCUT2D eigenvalue weighted by Gasteiger charge is -2.16. The number of rotatable bonds is 7. The van der Waals surface area contributed by atoms with E-state index in [4.69, 9.17) is 10.8 Å². The fraction of sp³-hybridized carbons (Fsp3) is 0.467. The van der Waals surface area contributed by atoms with Gasteiger partial charge in [0.05, 0.1) is 6.04 Å². The molecule has 0 heterocycles. The zero-order valence-electron chi connectivity index (χ0n) is 11.9. The molecule has 0 saturated carbocycles. The topological polar surface area (TPSA) is 92.4 Å². The molecular formula is C15H22N2O3. The normalized spacial score (nSPS) is 12.2. The van der Waals surface area contributed by atoms with Gasteiger partial charge in [-0.05, 0) is 30.4 Å². The molecule has 5 nitrogen and oxygen atoms in total. The van der Waals surface area contributed by atoms with Crippen molar-refractivity contribution >= 4 is 17.6 Å². The molecule has 0 bridgehead atoms. The largest absolute Gasteiger partial charge is 0.481 e. The highest BCUT2D eigenvalue weighted by Crippen LogP contribution is 2.17. The summed E-state index contributed by atoms with van der Waals surface area (Å²) in [5.74, 6) is -0.748. The van der Waals surface area contributed by atoms with E-state index in [0.717, 1.165) is 5.56 Å². The third kappa shape index (κ3) is 5.40. The minimum Gasteiger partial charge on any atom is -0.481 e. The number of hydrogen-bond acceptors (Lipinski definition) is 3. The Balaban J connectivity index is 2.71. The molecule has 1 amide bonds. The highest BCUT2D eigenvalue weighted by Gasteiger charge is 2.16. The smallest absolute Gasteiger partial charge is 0.303 e. The fourth-order valence-corrected chi connectivity index (χ4v) is 1.94. The van der Waals surface area contributed by atoms with Crippen LogP contribution in [0.1, 0.15) is 32.3 Å². The molecule has 0 fully saturated rings. The predicted molar refractivity (Wildman–Crippen MR) is 78.5 cm³/mol. The Hall–Kier alpha value is -1.88. The van der Waals surface area contributed by atoms with Crippen molar-refractivity contribution in [1.82, 2.24) is 0 Å². The van der Waals surface area contributed by atoms with Gasteiger partial charge in [-0.2, -0.15) is 0 Å². The van der Waals surface area contributed by atoms with Crippen molar-refractivity contribution in [2.75, 3.05) is 5.32 Å². The monoisotopic (exact) mass is 278 g/mol. The number of nitrogens with two attached hydrogens (primary N) is 1. The molecule has 0 aromatic heterocycles. The molecule has 0 aliphatic heterocycles. The van der Waals surface area contributed by atoms with Crippen LogP contribution in [0.4, 0.5) is 5.69 Å². The summed E-state index contributed by atoms with van der Waals surface area (Å²) in [6.07, 6.45) is 1.03. The van der Waals surface area contributed by atoms with Gasteiger partial charge in [-0.3, -0.25) is 9.59 Å². The Morgan fingerprint density at radius 1 is 1.30 bits per heavy atom. The molecule has 5 heteroatoms. The summed E-state index contributed by atoms with van der Waals surface area (Å²) < 4.78 is 0. The first kappa shape index (κ1) is 16.2. The zero-order valence-corrected chi connectivity index (χ0v) is 11.9. The SMILES string of the molecule is CC(C)C[C@H](N)C(=O)Nc1ccccc1CCC(=O)O. The minimum absolute atomic E-state index is 0.0327. The number of hydrogen-bond donors (Lipinski definition) is 3. The number of nitrogens with one attached hydrogen (secondary N) is 1. The van der Waals surface area contributed by atoms with Crippen molar-refractivity contribution in [3.8, 4) is 0 Å². The second-order valence-electron chi connectivity index (χ2n) is 5.28. The highest BCUT2D eigenvalue weighted by molar-refractivity contribution is 5.95. The molecule has 1 atom stereocenters. The van der Waals surface area contributed by atoms with Gasteiger partial charge in [-0.25, -0.2) is 0 Å². The van der Waals surface area contributed by atoms with E-state index in [9.17, 15) is 9.59 Å². The van der Waals surface area contributed by atoms with Crippen LogP contribution in [0.5, 0.6) is 0 Å². The standard InChI is InChI=1S/C15H22N2O3/c1-10(2)9-12(16)15(20)17-13-6-4-3-5-11(13)7-8-14(18)19/h3-6,10,12H,7-9,16H2,1-2H3,(H,17,20)(H,18,19)/t12-/m0/s1. The minimum atomic E-state index is -0.859. The lowest BCUT2D eigenvalue weighted by Crippen LogP contribution is -2.36. The summed E-state index contributed by atoms with van der Waals surface area (Å²) in [6.45, 7) is 4.02. The van der Waals surface area contributed by atoms with Gasteiger partial charge in [0.1, 0.15) is 0 Å². The lowest BCUT2D eigenvalue weighted by atomic mass is 10.0. The molecule has 4 N–H and O–H groups in total. The number of anilines is 1. The van der Waals surface area contributed by atoms with Crippen molar-refractivity contribution < 1.29 is 14.7 Å². The summed E-state index contributed by atoms with van der Waals surface area (Å²) >= 11 is 0. The van der Waals surface area contributed by atoms with Gasteiger partial charge in [-0.15, -0.1) is 0 Å². The Morgan fingerprint density at radius 3 is 2.55 bits per heavy atom. The van der Waals surface area contributed by atoms with Crippen LogP contribution in [0.3, 0.4) is 0 Å². The van der Waals surface area contributed by atoms with Crippen LogP contribution in [-0.2, 0) is 16.0 Å². The number of carbonyl (C=O) groups excluding carboxylic acids is 1. The summed E-state index contributed by atoms with van der Waals surface area (Å²) in [5.41, 5.74) is 7.27. The fourth-order valence-electron chi connectivity index (χ4n) is 1.94. The van der Waals surface area contributed by atoms with Gasteiger partial charge in [0.2, 0.25) is 5.91 Å². The van der Waals surface area contributed by atoms with Crippen molar-refractivity contribution in [3.63, 3.8) is 0 Å². The number of amides is 1. The first-order chi connectivity index (χ1) is 9.40. The van der Waals surface area contributed by atoms with Crippen molar-refractivity contribution in [2.45, 2.75) is 39.2 Å². The Kier molecular flexibility index (Phi) is 6.18. The summed E-state index contributed by atoms with van der Waals surface area (Å²) in [7, 11) is 0. The van der Waals surface area contributed by atoms with Crippen molar-refractivity contribution in [1.29, 1.82) is 0 Å². The number of para-hydroxylation sites is 1. The van der Waals surface area contributed by atoms with Gasteiger partial charge in [0, 0.05) is 12.1 Å². The Labute approximate surface area is 119 Å². The van der Waals surface area contributed by atoms with Crippen LogP contribution < -0.4 is 11.1 Å². The first-order valence-corrected chi connectivity index (χ1v) is 6.76. The van der Waals surface area contributed by atoms with E-state index < -0.39 is 12.0 Å². The number of carboxylic acids is 1. The van der Waals surface area contributed by atoms with Crippen molar-refractivity contribution in [2.24, 2.45) is 11.7 Å². The quantitative estimate of drug-likeness (QED) is 0.711. The molecule has 110 valence electrons. The predicted octanol–water partition coefficient (Wildman–Crippen LogP) is 2.02. The average Bonchev–Trinajstić information content (AvgIpc) is 2.36. The maximum Gasteiger partial charge on any atom is 0.303 e. The number of carbonyl (C=O) groups is 2. The van der Waals surface area contributed by atoms with Gasteiger partial charge in [0.15, 0.2) is 0 Å². The van der Waals surface area contributed by atoms with E-state index in [1.807, 2.05) is 26.0 Å². The van der Waals surface area contributed by atoms with Crippen LogP contribution in [0.15, 0.2) is 24.3 Å². The number of benzene rings is 1. The van der Waals surface area contributed by atoms with Crippen molar-refractivity contribution in [3.05, 3.63) is 29.8 Å². The van der Waals surface area contributed by atoms with Crippen LogP contribution in [0.25, 0.3) is 0 Å². The van der Waals surface area contributed by atoms with Crippen LogP contribution in [0, 0.1) is 5.92 Å². The van der Waals surface area contributed by atoms with Gasteiger partial charge in [0.25, 0.3) is 0 Å². The molecule has 1 aromatic rings. The summed E-state index contributed by atoms with van der Waals surface area (Å²) in [5, 5.41) is 11.5. The highest BCUT2D eigenvalue weighted by atomic mass is 16.4. The third-order valence-corrected chi connectivity index (χ3v) is 2.95. The molecule has 0 aliphatic rings. The second-order valence-corrected chi connectivity index (χ2v) is 5.28. The average molecular weight is 278 g/mol. The summed E-state index contributed by atoms with van der Waals surface area (Å²) in [4.78, 5) is 22.6. The molecule has 1 aromatic carbocycles. The maximum atomic E-state index is 12.0. The Morgan fingerprint density at radius 2 is 1.95 bits per heavy atom. The van der Waals surface area contributed by atoms with Gasteiger partial charge < -0.3 is 16.2 Å². The molecular weight excluding hydrogens is 256 g/mol.